The number of carbonyl (C=O) groups excluding carboxylic acids is 3. The lowest BCUT2D eigenvalue weighted by Gasteiger charge is -2.59. The van der Waals surface area contributed by atoms with Crippen LogP contribution in [0, 0.1) is 18.8 Å². The molecule has 5 aliphatic heterocycles. The van der Waals surface area contributed by atoms with Gasteiger partial charge in [-0.1, -0.05) is 12.1 Å². The first kappa shape index (κ1) is 18.6. The summed E-state index contributed by atoms with van der Waals surface area (Å²) in [5.74, 6) is 0.493. The third kappa shape index (κ3) is 2.43. The van der Waals surface area contributed by atoms with Crippen molar-refractivity contribution in [2.24, 2.45) is 11.8 Å². The van der Waals surface area contributed by atoms with E-state index in [0.29, 0.717) is 35.4 Å². The minimum absolute atomic E-state index is 0.000411. The van der Waals surface area contributed by atoms with Gasteiger partial charge in [-0.3, -0.25) is 24.2 Å². The molecule has 5 heterocycles. The predicted octanol–water partition coefficient (Wildman–Crippen LogP) is 2.45. The molecule has 5 atom stereocenters. The van der Waals surface area contributed by atoms with Crippen LogP contribution < -0.4 is 0 Å². The number of amides is 3. The highest BCUT2D eigenvalue weighted by atomic mass is 16.2. The van der Waals surface area contributed by atoms with Gasteiger partial charge in [0.05, 0.1) is 11.1 Å². The Labute approximate surface area is 177 Å². The van der Waals surface area contributed by atoms with Crippen molar-refractivity contribution in [2.75, 3.05) is 19.6 Å². The van der Waals surface area contributed by atoms with Gasteiger partial charge in [0, 0.05) is 18.6 Å². The Hall–Kier alpha value is -2.21. The first-order chi connectivity index (χ1) is 14.6. The molecule has 1 unspecified atom stereocenters. The number of benzene rings is 1. The molecule has 0 N–H and O–H groups in total. The highest BCUT2D eigenvalue weighted by molar-refractivity contribution is 6.23. The molecule has 1 aromatic rings. The third-order valence-corrected chi connectivity index (χ3v) is 8.44. The monoisotopic (exact) mass is 407 g/mol. The molecule has 4 fully saturated rings. The summed E-state index contributed by atoms with van der Waals surface area (Å²) in [6.45, 7) is 5.06. The predicted molar refractivity (Wildman–Crippen MR) is 111 cm³/mol. The maximum Gasteiger partial charge on any atom is 0.262 e. The molecular weight excluding hydrogens is 378 g/mol. The highest BCUT2D eigenvalue weighted by Gasteiger charge is 2.54. The maximum atomic E-state index is 13.7. The van der Waals surface area contributed by atoms with Gasteiger partial charge in [-0.2, -0.15) is 0 Å². The zero-order valence-corrected chi connectivity index (χ0v) is 17.5. The summed E-state index contributed by atoms with van der Waals surface area (Å²) < 4.78 is 0. The normalized spacial score (nSPS) is 35.9. The number of aryl methyl sites for hydroxylation is 1. The molecule has 6 nitrogen and oxygen atoms in total. The van der Waals surface area contributed by atoms with Gasteiger partial charge in [-0.25, -0.2) is 0 Å². The van der Waals surface area contributed by atoms with Crippen molar-refractivity contribution in [3.05, 3.63) is 34.9 Å². The summed E-state index contributed by atoms with van der Waals surface area (Å²) >= 11 is 0. The second-order valence-corrected chi connectivity index (χ2v) is 9.86. The molecule has 0 saturated carbocycles. The molecular formula is C24H29N3O3. The summed E-state index contributed by atoms with van der Waals surface area (Å²) in [6.07, 6.45) is 6.30. The molecule has 0 aromatic heterocycles. The van der Waals surface area contributed by atoms with Gasteiger partial charge in [-0.15, -0.1) is 0 Å². The first-order valence-corrected chi connectivity index (χ1v) is 11.6. The second kappa shape index (κ2) is 6.64. The number of fused-ring (bicyclic) bond motifs is 3. The Bertz CT molecular complexity index is 942. The van der Waals surface area contributed by atoms with Crippen molar-refractivity contribution in [1.82, 2.24) is 14.7 Å². The molecule has 6 heteroatoms. The molecule has 158 valence electrons. The van der Waals surface area contributed by atoms with Gasteiger partial charge in [-0.05, 0) is 82.0 Å². The topological polar surface area (TPSA) is 60.9 Å². The van der Waals surface area contributed by atoms with Crippen molar-refractivity contribution >= 4 is 17.7 Å². The molecule has 5 aliphatic rings. The first-order valence-electron chi connectivity index (χ1n) is 11.6. The van der Waals surface area contributed by atoms with E-state index in [1.165, 1.54) is 43.7 Å². The van der Waals surface area contributed by atoms with E-state index in [0.717, 1.165) is 18.5 Å². The quantitative estimate of drug-likeness (QED) is 0.671. The van der Waals surface area contributed by atoms with Crippen LogP contribution in [0.2, 0.25) is 0 Å². The standard InChI is InChI=1S/C24H29N3O3/c1-14-5-2-7-17-20(14)24(30)27(22(17)28)19-10-9-18-16-8-4-12-25-11-3-6-15(21(16)25)13-26(18)23(19)29/h2,5,7,15-16,18-19,21H,3-4,6,8-13H2,1H3/t15-,16+,18+,19?,21-/m0/s1. The van der Waals surface area contributed by atoms with Crippen molar-refractivity contribution in [1.29, 1.82) is 0 Å². The average molecular weight is 408 g/mol. The Morgan fingerprint density at radius 3 is 2.53 bits per heavy atom. The molecule has 0 aliphatic carbocycles. The lowest BCUT2D eigenvalue weighted by molar-refractivity contribution is -0.156. The van der Waals surface area contributed by atoms with Crippen LogP contribution in [0.5, 0.6) is 0 Å². The van der Waals surface area contributed by atoms with E-state index in [1.54, 1.807) is 6.07 Å². The average Bonchev–Trinajstić information content (AvgIpc) is 3.01. The summed E-state index contributed by atoms with van der Waals surface area (Å²) in [5, 5.41) is 0. The Morgan fingerprint density at radius 1 is 0.933 bits per heavy atom. The summed E-state index contributed by atoms with van der Waals surface area (Å²) in [4.78, 5) is 46.0. The molecule has 0 spiro atoms. The summed E-state index contributed by atoms with van der Waals surface area (Å²) in [7, 11) is 0. The zero-order chi connectivity index (χ0) is 20.6. The van der Waals surface area contributed by atoms with E-state index in [-0.39, 0.29) is 23.8 Å². The number of nitrogens with zero attached hydrogens (tertiary/aromatic N) is 3. The molecule has 1 aromatic carbocycles. The van der Waals surface area contributed by atoms with E-state index in [2.05, 4.69) is 9.80 Å². The van der Waals surface area contributed by atoms with Gasteiger partial charge in [0.1, 0.15) is 6.04 Å². The van der Waals surface area contributed by atoms with E-state index in [1.807, 2.05) is 19.1 Å². The maximum absolute atomic E-state index is 13.7. The number of hydrogen-bond donors (Lipinski definition) is 0. The molecule has 0 radical (unpaired) electrons. The van der Waals surface area contributed by atoms with Crippen LogP contribution in [0.4, 0.5) is 0 Å². The number of carbonyl (C=O) groups is 3. The number of hydrogen-bond acceptors (Lipinski definition) is 4. The van der Waals surface area contributed by atoms with Gasteiger partial charge < -0.3 is 4.90 Å². The summed E-state index contributed by atoms with van der Waals surface area (Å²) in [6, 6.07) is 5.63. The minimum atomic E-state index is -0.645. The fourth-order valence-corrected chi connectivity index (χ4v) is 7.26. The molecule has 30 heavy (non-hydrogen) atoms. The van der Waals surface area contributed by atoms with Crippen LogP contribution in [0.15, 0.2) is 18.2 Å². The van der Waals surface area contributed by atoms with Crippen LogP contribution in [-0.4, -0.2) is 70.2 Å². The SMILES string of the molecule is Cc1cccc2c1C(=O)N(C1CC[C@@H]3[C@H]4CCCN5CCC[C@@H](CN3C1=O)[C@@H]45)C2=O. The third-order valence-electron chi connectivity index (χ3n) is 8.44. The molecule has 3 amide bonds. The zero-order valence-electron chi connectivity index (χ0n) is 17.5. The highest BCUT2D eigenvalue weighted by Crippen LogP contribution is 2.45. The van der Waals surface area contributed by atoms with Crippen LogP contribution in [0.3, 0.4) is 0 Å². The number of imide groups is 1. The fourth-order valence-electron chi connectivity index (χ4n) is 7.26. The minimum Gasteiger partial charge on any atom is -0.337 e. The largest absolute Gasteiger partial charge is 0.337 e. The Kier molecular flexibility index (Phi) is 4.11. The van der Waals surface area contributed by atoms with Crippen LogP contribution in [0.1, 0.15) is 64.8 Å². The Morgan fingerprint density at radius 2 is 1.73 bits per heavy atom. The molecule has 0 bridgehead atoms. The van der Waals surface area contributed by atoms with Crippen molar-refractivity contribution in [3.63, 3.8) is 0 Å². The van der Waals surface area contributed by atoms with Crippen LogP contribution >= 0.6 is 0 Å². The van der Waals surface area contributed by atoms with Crippen molar-refractivity contribution in [3.8, 4) is 0 Å². The second-order valence-electron chi connectivity index (χ2n) is 9.86. The van der Waals surface area contributed by atoms with E-state index < -0.39 is 6.04 Å². The lowest BCUT2D eigenvalue weighted by Crippen LogP contribution is -2.69. The van der Waals surface area contributed by atoms with Gasteiger partial charge >= 0.3 is 0 Å². The van der Waals surface area contributed by atoms with Gasteiger partial charge in [0.25, 0.3) is 11.8 Å². The number of rotatable bonds is 1. The smallest absolute Gasteiger partial charge is 0.262 e. The van der Waals surface area contributed by atoms with Crippen molar-refractivity contribution in [2.45, 2.75) is 63.6 Å². The fraction of sp³-hybridized carbons (Fsp3) is 0.625. The van der Waals surface area contributed by atoms with E-state index in [4.69, 9.17) is 0 Å². The van der Waals surface area contributed by atoms with E-state index in [9.17, 15) is 14.4 Å². The molecule has 6 rings (SSSR count). The van der Waals surface area contributed by atoms with E-state index >= 15 is 0 Å². The van der Waals surface area contributed by atoms with Gasteiger partial charge in [0.15, 0.2) is 0 Å². The number of piperidine rings is 4. The van der Waals surface area contributed by atoms with Crippen LogP contribution in [-0.2, 0) is 4.79 Å². The van der Waals surface area contributed by atoms with Gasteiger partial charge in [0.2, 0.25) is 5.91 Å². The van der Waals surface area contributed by atoms with Crippen molar-refractivity contribution < 1.29 is 14.4 Å². The Balaban J connectivity index is 1.30. The molecule has 4 saturated heterocycles. The van der Waals surface area contributed by atoms with Crippen LogP contribution in [0.25, 0.3) is 0 Å². The lowest BCUT2D eigenvalue weighted by atomic mass is 9.67. The summed E-state index contributed by atoms with van der Waals surface area (Å²) in [5.41, 5.74) is 1.73.